The van der Waals surface area contributed by atoms with Crippen LogP contribution in [0.4, 0.5) is 0 Å². The zero-order valence-corrected chi connectivity index (χ0v) is 16.5. The Labute approximate surface area is 149 Å². The molecule has 0 atom stereocenters. The van der Waals surface area contributed by atoms with Gasteiger partial charge in [-0.2, -0.15) is 0 Å². The van der Waals surface area contributed by atoms with Crippen LogP contribution in [0.1, 0.15) is 96.6 Å². The highest BCUT2D eigenvalue weighted by atomic mass is 16.3. The van der Waals surface area contributed by atoms with Crippen molar-refractivity contribution in [1.82, 2.24) is 0 Å². The maximum absolute atomic E-state index is 10.1. The molecule has 0 spiro atoms. The first-order valence-electron chi connectivity index (χ1n) is 10.1. The van der Waals surface area contributed by atoms with Gasteiger partial charge in [0.2, 0.25) is 0 Å². The van der Waals surface area contributed by atoms with E-state index >= 15 is 0 Å². The molecule has 1 heteroatoms. The first-order chi connectivity index (χ1) is 11.3. The maximum atomic E-state index is 10.1. The molecule has 0 aliphatic heterocycles. The highest BCUT2D eigenvalue weighted by molar-refractivity contribution is 5.36. The molecule has 0 aromatic heterocycles. The molecule has 0 bridgehead atoms. The minimum Gasteiger partial charge on any atom is -0.508 e. The van der Waals surface area contributed by atoms with Crippen molar-refractivity contribution in [2.75, 3.05) is 0 Å². The van der Waals surface area contributed by atoms with E-state index in [1.807, 2.05) is 6.07 Å². The topological polar surface area (TPSA) is 20.2 Å². The number of benzene rings is 1. The predicted molar refractivity (Wildman–Crippen MR) is 105 cm³/mol. The maximum Gasteiger partial charge on any atom is 0.118 e. The molecule has 0 radical (unpaired) electrons. The smallest absolute Gasteiger partial charge is 0.118 e. The fourth-order valence-corrected chi connectivity index (χ4v) is 3.49. The van der Waals surface area contributed by atoms with Crippen molar-refractivity contribution in [2.45, 2.75) is 98.3 Å². The second-order valence-electron chi connectivity index (χ2n) is 9.60. The number of phenolic OH excluding ortho intramolecular Hbond substituents is 1. The van der Waals surface area contributed by atoms with Crippen molar-refractivity contribution < 1.29 is 5.11 Å². The van der Waals surface area contributed by atoms with Gasteiger partial charge in [0.1, 0.15) is 5.75 Å². The molecule has 1 aliphatic carbocycles. The van der Waals surface area contributed by atoms with E-state index in [4.69, 9.17) is 0 Å². The van der Waals surface area contributed by atoms with Crippen LogP contribution in [0.25, 0.3) is 0 Å². The van der Waals surface area contributed by atoms with E-state index in [2.05, 4.69) is 39.8 Å². The van der Waals surface area contributed by atoms with Crippen LogP contribution in [0.15, 0.2) is 18.2 Å². The molecule has 1 fully saturated rings. The monoisotopic (exact) mass is 330 g/mol. The number of rotatable bonds is 10. The van der Waals surface area contributed by atoms with Crippen LogP contribution in [-0.2, 0) is 12.8 Å². The Morgan fingerprint density at radius 2 is 1.67 bits per heavy atom. The molecule has 2 rings (SSSR count). The summed E-state index contributed by atoms with van der Waals surface area (Å²) >= 11 is 0. The van der Waals surface area contributed by atoms with Crippen molar-refractivity contribution in [1.29, 1.82) is 0 Å². The Morgan fingerprint density at radius 1 is 0.958 bits per heavy atom. The van der Waals surface area contributed by atoms with Gasteiger partial charge in [0.15, 0.2) is 0 Å². The number of hydrogen-bond donors (Lipinski definition) is 1. The summed E-state index contributed by atoms with van der Waals surface area (Å²) in [6, 6.07) is 6.26. The van der Waals surface area contributed by atoms with Gasteiger partial charge in [-0.25, -0.2) is 0 Å². The van der Waals surface area contributed by atoms with Crippen LogP contribution < -0.4 is 0 Å². The molecule has 1 aliphatic rings. The predicted octanol–water partition coefficient (Wildman–Crippen LogP) is 7.05. The van der Waals surface area contributed by atoms with Crippen molar-refractivity contribution in [3.63, 3.8) is 0 Å². The molecule has 0 unspecified atom stereocenters. The Balaban J connectivity index is 1.69. The summed E-state index contributed by atoms with van der Waals surface area (Å²) in [6.07, 6.45) is 14.1. The van der Waals surface area contributed by atoms with Crippen LogP contribution in [0, 0.1) is 10.8 Å². The van der Waals surface area contributed by atoms with Gasteiger partial charge < -0.3 is 5.11 Å². The Kier molecular flexibility index (Phi) is 6.78. The molecular weight excluding hydrogens is 292 g/mol. The van der Waals surface area contributed by atoms with E-state index in [0.29, 0.717) is 16.6 Å². The molecule has 1 aromatic carbocycles. The fraction of sp³-hybridized carbons (Fsp3) is 0.739. The zero-order chi connectivity index (χ0) is 17.6. The van der Waals surface area contributed by atoms with Crippen LogP contribution in [0.2, 0.25) is 0 Å². The van der Waals surface area contributed by atoms with Gasteiger partial charge in [0.05, 0.1) is 0 Å². The Hall–Kier alpha value is -0.980. The van der Waals surface area contributed by atoms with Crippen molar-refractivity contribution in [3.05, 3.63) is 29.3 Å². The second-order valence-corrected chi connectivity index (χ2v) is 9.60. The standard InChI is InChI=1S/C23H38O/c1-22(2,3)14-8-5-6-10-19-12-13-21(24)20(18-19)11-7-9-15-23(4)16-17-23/h12-13,18,24H,5-11,14-17H2,1-4H3. The number of unbranched alkanes of at least 4 members (excludes halogenated alkanes) is 3. The summed E-state index contributed by atoms with van der Waals surface area (Å²) < 4.78 is 0. The van der Waals surface area contributed by atoms with Crippen molar-refractivity contribution in [2.24, 2.45) is 10.8 Å². The van der Waals surface area contributed by atoms with Crippen LogP contribution in [0.3, 0.4) is 0 Å². The summed E-state index contributed by atoms with van der Waals surface area (Å²) in [4.78, 5) is 0. The van der Waals surface area contributed by atoms with E-state index in [0.717, 1.165) is 18.4 Å². The summed E-state index contributed by atoms with van der Waals surface area (Å²) in [5.74, 6) is 0.490. The summed E-state index contributed by atoms with van der Waals surface area (Å²) in [5.41, 5.74) is 3.68. The molecular formula is C23H38O. The average Bonchev–Trinajstić information content (AvgIpc) is 3.23. The van der Waals surface area contributed by atoms with Gasteiger partial charge in [0.25, 0.3) is 0 Å². The number of aromatic hydroxyl groups is 1. The molecule has 1 saturated carbocycles. The molecule has 1 nitrogen and oxygen atoms in total. The molecule has 1 N–H and O–H groups in total. The van der Waals surface area contributed by atoms with Gasteiger partial charge in [0, 0.05) is 0 Å². The van der Waals surface area contributed by atoms with Gasteiger partial charge in [-0.05, 0) is 79.4 Å². The lowest BCUT2D eigenvalue weighted by molar-refractivity contribution is 0.358. The van der Waals surface area contributed by atoms with E-state index < -0.39 is 0 Å². The lowest BCUT2D eigenvalue weighted by Gasteiger charge is -2.17. The van der Waals surface area contributed by atoms with E-state index in [9.17, 15) is 5.11 Å². The van der Waals surface area contributed by atoms with Crippen molar-refractivity contribution >= 4 is 0 Å². The lowest BCUT2D eigenvalue weighted by atomic mass is 9.89. The summed E-state index contributed by atoms with van der Waals surface area (Å²) in [7, 11) is 0. The molecule has 1 aromatic rings. The highest BCUT2D eigenvalue weighted by Gasteiger charge is 2.35. The van der Waals surface area contributed by atoms with Gasteiger partial charge >= 0.3 is 0 Å². The molecule has 0 heterocycles. The zero-order valence-electron chi connectivity index (χ0n) is 16.5. The summed E-state index contributed by atoms with van der Waals surface area (Å²) in [5, 5.41) is 10.1. The summed E-state index contributed by atoms with van der Waals surface area (Å²) in [6.45, 7) is 9.37. The molecule has 136 valence electrons. The third-order valence-corrected chi connectivity index (χ3v) is 5.62. The lowest BCUT2D eigenvalue weighted by Crippen LogP contribution is -2.04. The van der Waals surface area contributed by atoms with Gasteiger partial charge in [-0.1, -0.05) is 59.1 Å². The largest absolute Gasteiger partial charge is 0.508 e. The molecule has 0 amide bonds. The quantitative estimate of drug-likeness (QED) is 0.455. The van der Waals surface area contributed by atoms with Crippen LogP contribution in [-0.4, -0.2) is 5.11 Å². The Bertz CT molecular complexity index is 505. The third-order valence-electron chi connectivity index (χ3n) is 5.62. The molecule has 0 saturated heterocycles. The number of phenols is 1. The van der Waals surface area contributed by atoms with Gasteiger partial charge in [-0.15, -0.1) is 0 Å². The second kappa shape index (κ2) is 8.41. The van der Waals surface area contributed by atoms with Gasteiger partial charge in [-0.3, -0.25) is 0 Å². The fourth-order valence-electron chi connectivity index (χ4n) is 3.49. The van der Waals surface area contributed by atoms with E-state index in [-0.39, 0.29) is 0 Å². The SMILES string of the molecule is CC(C)(C)CCCCCc1ccc(O)c(CCCCC2(C)CC2)c1. The number of hydrogen-bond acceptors (Lipinski definition) is 1. The number of aryl methyl sites for hydroxylation is 2. The van der Waals surface area contributed by atoms with E-state index in [1.165, 1.54) is 63.4 Å². The minimum atomic E-state index is 0.462. The third kappa shape index (κ3) is 7.28. The first kappa shape index (κ1) is 19.3. The van der Waals surface area contributed by atoms with Crippen LogP contribution in [0.5, 0.6) is 5.75 Å². The molecule has 24 heavy (non-hydrogen) atoms. The van der Waals surface area contributed by atoms with E-state index in [1.54, 1.807) is 0 Å². The Morgan fingerprint density at radius 3 is 2.33 bits per heavy atom. The van der Waals surface area contributed by atoms with Crippen LogP contribution >= 0.6 is 0 Å². The normalized spacial score (nSPS) is 16.3. The average molecular weight is 331 g/mol. The van der Waals surface area contributed by atoms with Crippen molar-refractivity contribution in [3.8, 4) is 5.75 Å². The minimum absolute atomic E-state index is 0.462. The highest BCUT2D eigenvalue weighted by Crippen LogP contribution is 2.49. The first-order valence-corrected chi connectivity index (χ1v) is 10.1.